The zero-order valence-electron chi connectivity index (χ0n) is 14.8. The van der Waals surface area contributed by atoms with E-state index in [4.69, 9.17) is 15.2 Å². The second-order valence-corrected chi connectivity index (χ2v) is 5.59. The summed E-state index contributed by atoms with van der Waals surface area (Å²) >= 11 is 0. The molecule has 0 spiro atoms. The number of amides is 1. The first-order valence-corrected chi connectivity index (χ1v) is 7.91. The van der Waals surface area contributed by atoms with Crippen molar-refractivity contribution >= 4 is 24.0 Å². The number of carbonyl (C=O) groups is 1. The summed E-state index contributed by atoms with van der Waals surface area (Å²) in [5.74, 6) is -2.29. The lowest BCUT2D eigenvalue weighted by atomic mass is 10.2. The third-order valence-electron chi connectivity index (χ3n) is 3.64. The molecule has 10 heteroatoms. The minimum absolute atomic E-state index is 0. The number of halogens is 5. The molecular weight excluding hydrogens is 404 g/mol. The maximum Gasteiger partial charge on any atom is 0.419 e. The summed E-state index contributed by atoms with van der Waals surface area (Å²) in [6.07, 6.45) is -5.13. The molecule has 3 N–H and O–H groups in total. The first kappa shape index (κ1) is 23.7. The molecular formula is C18H19ClF4N2O3. The van der Waals surface area contributed by atoms with Crippen LogP contribution < -0.4 is 15.8 Å². The number of carbonyl (C=O) groups excluding carboxylic acids is 1. The third kappa shape index (κ3) is 6.36. The van der Waals surface area contributed by atoms with Crippen LogP contribution in [0.3, 0.4) is 0 Å². The molecule has 2 aromatic carbocycles. The standard InChI is InChI=1S/C18H18F4N2O3.ClH/c1-26-12(10-23)9-17(25)24-11-6-7-16(14(19)8-11)27-15-5-3-2-4-13(15)18(20,21)22;/h2-8,12H,9-10,23H2,1H3,(H,24,25);1H. The van der Waals surface area contributed by atoms with Crippen LogP contribution in [0.5, 0.6) is 11.5 Å². The maximum atomic E-state index is 14.2. The predicted molar refractivity (Wildman–Crippen MR) is 98.3 cm³/mol. The number of para-hydroxylation sites is 1. The first-order valence-electron chi connectivity index (χ1n) is 7.91. The Hall–Kier alpha value is -2.36. The van der Waals surface area contributed by atoms with Gasteiger partial charge in [0.15, 0.2) is 11.6 Å². The second-order valence-electron chi connectivity index (χ2n) is 5.59. The van der Waals surface area contributed by atoms with Crippen molar-refractivity contribution in [1.82, 2.24) is 0 Å². The summed E-state index contributed by atoms with van der Waals surface area (Å²) in [6.45, 7) is 0.143. The Bertz CT molecular complexity index is 799. The van der Waals surface area contributed by atoms with Crippen LogP contribution in [0.4, 0.5) is 23.2 Å². The molecule has 1 amide bonds. The zero-order valence-corrected chi connectivity index (χ0v) is 15.6. The van der Waals surface area contributed by atoms with E-state index < -0.39 is 41.1 Å². The van der Waals surface area contributed by atoms with Crippen molar-refractivity contribution in [1.29, 1.82) is 0 Å². The summed E-state index contributed by atoms with van der Waals surface area (Å²) in [5, 5.41) is 2.46. The van der Waals surface area contributed by atoms with E-state index in [9.17, 15) is 22.4 Å². The van der Waals surface area contributed by atoms with Gasteiger partial charge in [-0.15, -0.1) is 12.4 Å². The van der Waals surface area contributed by atoms with Crippen LogP contribution in [0.15, 0.2) is 42.5 Å². The van der Waals surface area contributed by atoms with Gasteiger partial charge in [-0.05, 0) is 24.3 Å². The number of benzene rings is 2. The summed E-state index contributed by atoms with van der Waals surface area (Å²) in [5.41, 5.74) is 4.53. The van der Waals surface area contributed by atoms with Gasteiger partial charge in [0, 0.05) is 25.4 Å². The number of hydrogen-bond donors (Lipinski definition) is 2. The topological polar surface area (TPSA) is 73.6 Å². The Balaban J connectivity index is 0.00000392. The first-order chi connectivity index (χ1) is 12.7. The number of anilines is 1. The van der Waals surface area contributed by atoms with Crippen molar-refractivity contribution in [3.63, 3.8) is 0 Å². The molecule has 28 heavy (non-hydrogen) atoms. The molecule has 0 saturated carbocycles. The molecule has 0 bridgehead atoms. The summed E-state index contributed by atoms with van der Waals surface area (Å²) in [7, 11) is 1.41. The van der Waals surface area contributed by atoms with Crippen LogP contribution in [0.2, 0.25) is 0 Å². The van der Waals surface area contributed by atoms with Gasteiger partial charge in [-0.1, -0.05) is 12.1 Å². The Morgan fingerprint density at radius 2 is 1.86 bits per heavy atom. The Morgan fingerprint density at radius 3 is 2.43 bits per heavy atom. The zero-order chi connectivity index (χ0) is 20.0. The van der Waals surface area contributed by atoms with E-state index in [1.807, 2.05) is 0 Å². The maximum absolute atomic E-state index is 14.2. The van der Waals surface area contributed by atoms with E-state index in [2.05, 4.69) is 5.32 Å². The number of ether oxygens (including phenoxy) is 2. The molecule has 0 saturated heterocycles. The van der Waals surface area contributed by atoms with Gasteiger partial charge in [0.25, 0.3) is 0 Å². The van der Waals surface area contributed by atoms with Crippen LogP contribution >= 0.6 is 12.4 Å². The van der Waals surface area contributed by atoms with Gasteiger partial charge in [0.05, 0.1) is 18.1 Å². The number of nitrogens with one attached hydrogen (secondary N) is 1. The normalized spacial score (nSPS) is 12.1. The average Bonchev–Trinajstić information content (AvgIpc) is 2.61. The quantitative estimate of drug-likeness (QED) is 0.650. The number of rotatable bonds is 7. The van der Waals surface area contributed by atoms with Gasteiger partial charge in [-0.25, -0.2) is 4.39 Å². The van der Waals surface area contributed by atoms with Crippen molar-refractivity contribution in [3.05, 3.63) is 53.8 Å². The monoisotopic (exact) mass is 422 g/mol. The van der Waals surface area contributed by atoms with E-state index in [0.717, 1.165) is 24.3 Å². The fourth-order valence-electron chi connectivity index (χ4n) is 2.25. The van der Waals surface area contributed by atoms with Gasteiger partial charge in [0.2, 0.25) is 5.91 Å². The van der Waals surface area contributed by atoms with Crippen molar-refractivity contribution in [2.45, 2.75) is 18.7 Å². The molecule has 1 unspecified atom stereocenters. The summed E-state index contributed by atoms with van der Waals surface area (Å²) < 4.78 is 63.2. The summed E-state index contributed by atoms with van der Waals surface area (Å²) in [4.78, 5) is 11.9. The van der Waals surface area contributed by atoms with Crippen molar-refractivity contribution in [2.75, 3.05) is 19.0 Å². The molecule has 2 rings (SSSR count). The van der Waals surface area contributed by atoms with Gasteiger partial charge >= 0.3 is 6.18 Å². The average molecular weight is 423 g/mol. The second kappa shape index (κ2) is 10.3. The highest BCUT2D eigenvalue weighted by molar-refractivity contribution is 5.91. The van der Waals surface area contributed by atoms with Crippen LogP contribution in [-0.4, -0.2) is 25.7 Å². The lowest BCUT2D eigenvalue weighted by Gasteiger charge is -2.15. The largest absolute Gasteiger partial charge is 0.454 e. The molecule has 0 heterocycles. The smallest absolute Gasteiger partial charge is 0.419 e. The minimum Gasteiger partial charge on any atom is -0.454 e. The Labute approximate surface area is 165 Å². The molecule has 0 aliphatic carbocycles. The lowest BCUT2D eigenvalue weighted by Crippen LogP contribution is -2.28. The highest BCUT2D eigenvalue weighted by Gasteiger charge is 2.34. The van der Waals surface area contributed by atoms with E-state index in [0.29, 0.717) is 0 Å². The number of hydrogen-bond acceptors (Lipinski definition) is 4. The molecule has 2 aromatic rings. The van der Waals surface area contributed by atoms with E-state index in [1.54, 1.807) is 0 Å². The highest BCUT2D eigenvalue weighted by atomic mass is 35.5. The van der Waals surface area contributed by atoms with Crippen LogP contribution in [0, 0.1) is 5.82 Å². The predicted octanol–water partition coefficient (Wildman–Crippen LogP) is 4.36. The molecule has 0 aliphatic rings. The SMILES string of the molecule is COC(CN)CC(=O)Nc1ccc(Oc2ccccc2C(F)(F)F)c(F)c1.Cl. The molecule has 0 aliphatic heterocycles. The lowest BCUT2D eigenvalue weighted by molar-refractivity contribution is -0.138. The van der Waals surface area contributed by atoms with Gasteiger partial charge < -0.3 is 20.5 Å². The fraction of sp³-hybridized carbons (Fsp3) is 0.278. The van der Waals surface area contributed by atoms with Gasteiger partial charge in [0.1, 0.15) is 5.75 Å². The third-order valence-corrected chi connectivity index (χ3v) is 3.64. The Kier molecular flexibility index (Phi) is 8.67. The molecule has 5 nitrogen and oxygen atoms in total. The van der Waals surface area contributed by atoms with Crippen molar-refractivity contribution in [2.24, 2.45) is 5.73 Å². The summed E-state index contributed by atoms with van der Waals surface area (Å²) in [6, 6.07) is 7.89. The van der Waals surface area contributed by atoms with E-state index in [-0.39, 0.29) is 31.1 Å². The van der Waals surface area contributed by atoms with E-state index >= 15 is 0 Å². The van der Waals surface area contributed by atoms with Crippen LogP contribution in [0.1, 0.15) is 12.0 Å². The van der Waals surface area contributed by atoms with E-state index in [1.165, 1.54) is 25.3 Å². The highest BCUT2D eigenvalue weighted by Crippen LogP contribution is 2.38. The molecule has 0 fully saturated rings. The Morgan fingerprint density at radius 1 is 1.18 bits per heavy atom. The van der Waals surface area contributed by atoms with Crippen molar-refractivity contribution < 1.29 is 31.8 Å². The number of methoxy groups -OCH3 is 1. The van der Waals surface area contributed by atoms with Crippen molar-refractivity contribution in [3.8, 4) is 11.5 Å². The molecule has 154 valence electrons. The molecule has 0 radical (unpaired) electrons. The molecule has 0 aromatic heterocycles. The molecule has 1 atom stereocenters. The van der Waals surface area contributed by atoms with Crippen LogP contribution in [-0.2, 0) is 15.7 Å². The minimum atomic E-state index is -4.64. The van der Waals surface area contributed by atoms with Crippen LogP contribution in [0.25, 0.3) is 0 Å². The number of nitrogens with two attached hydrogens (primary N) is 1. The number of alkyl halides is 3. The van der Waals surface area contributed by atoms with Gasteiger partial charge in [-0.2, -0.15) is 13.2 Å². The van der Waals surface area contributed by atoms with Gasteiger partial charge in [-0.3, -0.25) is 4.79 Å². The fourth-order valence-corrected chi connectivity index (χ4v) is 2.25.